The molecule has 5 aromatic rings. The van der Waals surface area contributed by atoms with Gasteiger partial charge in [-0.05, 0) is 30.8 Å². The predicted octanol–water partition coefficient (Wildman–Crippen LogP) is 4.29. The van der Waals surface area contributed by atoms with Gasteiger partial charge in [-0.15, -0.1) is 0 Å². The van der Waals surface area contributed by atoms with Crippen molar-refractivity contribution in [3.63, 3.8) is 0 Å². The molecule has 0 saturated heterocycles. The highest BCUT2D eigenvalue weighted by Gasteiger charge is 2.16. The molecule has 0 atom stereocenters. The molecule has 172 valence electrons. The minimum absolute atomic E-state index is 0.119. The molecule has 1 amide bonds. The fourth-order valence-electron chi connectivity index (χ4n) is 4.11. The first-order chi connectivity index (χ1) is 16.6. The number of fused-ring (bicyclic) bond motifs is 4. The first-order valence-corrected chi connectivity index (χ1v) is 11.0. The highest BCUT2D eigenvalue weighted by molar-refractivity contribution is 6.07. The van der Waals surface area contributed by atoms with Crippen molar-refractivity contribution in [3.05, 3.63) is 76.8 Å². The normalized spacial score (nSPS) is 11.5. The molecule has 0 aliphatic rings. The summed E-state index contributed by atoms with van der Waals surface area (Å²) < 4.78 is 11.5. The maximum absolute atomic E-state index is 12.9. The van der Waals surface area contributed by atoms with E-state index in [-0.39, 0.29) is 18.0 Å². The number of methoxy groups -OCH3 is 1. The maximum atomic E-state index is 12.9. The van der Waals surface area contributed by atoms with Gasteiger partial charge in [-0.1, -0.05) is 37.3 Å². The van der Waals surface area contributed by atoms with Crippen LogP contribution in [0.2, 0.25) is 0 Å². The molecular weight excluding hydrogens is 432 g/mol. The Bertz CT molecular complexity index is 1570. The van der Waals surface area contributed by atoms with Crippen molar-refractivity contribution in [2.75, 3.05) is 25.5 Å². The Morgan fingerprint density at radius 1 is 1.06 bits per heavy atom. The molecule has 8 nitrogen and oxygen atoms in total. The van der Waals surface area contributed by atoms with Gasteiger partial charge in [0.15, 0.2) is 0 Å². The number of ether oxygens (including phenoxy) is 1. The zero-order chi connectivity index (χ0) is 23.7. The molecule has 0 fully saturated rings. The number of para-hydroxylation sites is 2. The van der Waals surface area contributed by atoms with Gasteiger partial charge in [-0.3, -0.25) is 14.5 Å². The number of nitrogens with one attached hydrogen (secondary N) is 2. The summed E-state index contributed by atoms with van der Waals surface area (Å²) in [7, 11) is 1.57. The van der Waals surface area contributed by atoms with Gasteiger partial charge in [0, 0.05) is 16.8 Å². The van der Waals surface area contributed by atoms with Crippen LogP contribution in [0.5, 0.6) is 5.75 Å². The van der Waals surface area contributed by atoms with Gasteiger partial charge in [0.2, 0.25) is 5.91 Å². The van der Waals surface area contributed by atoms with Gasteiger partial charge >= 0.3 is 0 Å². The summed E-state index contributed by atoms with van der Waals surface area (Å²) >= 11 is 0. The number of hydrogen-bond acceptors (Lipinski definition) is 6. The Morgan fingerprint density at radius 2 is 1.82 bits per heavy atom. The zero-order valence-corrected chi connectivity index (χ0v) is 18.9. The fourth-order valence-corrected chi connectivity index (χ4v) is 4.11. The van der Waals surface area contributed by atoms with E-state index in [1.807, 2.05) is 48.2 Å². The number of furan rings is 1. The lowest BCUT2D eigenvalue weighted by molar-refractivity contribution is -0.117. The lowest BCUT2D eigenvalue weighted by atomic mass is 10.1. The third-order valence-electron chi connectivity index (χ3n) is 5.82. The number of aromatic amines is 1. The fraction of sp³-hybridized carbons (Fsp3) is 0.192. The third-order valence-corrected chi connectivity index (χ3v) is 5.82. The molecule has 34 heavy (non-hydrogen) atoms. The molecular formula is C26H24N4O4. The van der Waals surface area contributed by atoms with Crippen LogP contribution >= 0.6 is 0 Å². The summed E-state index contributed by atoms with van der Waals surface area (Å²) in [5.41, 5.74) is 2.42. The van der Waals surface area contributed by atoms with E-state index in [1.165, 1.54) is 0 Å². The Hall–Kier alpha value is -4.17. The number of carbonyl (C=O) groups excluding carboxylic acids is 1. The van der Waals surface area contributed by atoms with Gasteiger partial charge < -0.3 is 19.5 Å². The molecule has 0 saturated carbocycles. The number of anilines is 1. The van der Waals surface area contributed by atoms with E-state index >= 15 is 0 Å². The van der Waals surface area contributed by atoms with Gasteiger partial charge in [0.1, 0.15) is 22.7 Å². The van der Waals surface area contributed by atoms with Crippen LogP contribution in [0.3, 0.4) is 0 Å². The standard InChI is InChI=1S/C26H24N4O4/c1-3-30(14-24-27-19-10-6-4-9-17(19)26(32)29-24)15-25(31)28-20-13-22-18(12-23(20)33-2)16-8-5-7-11-21(16)34-22/h4-13H,3,14-15H2,1-2H3,(H,28,31)(H,27,29,32). The molecule has 2 aromatic heterocycles. The van der Waals surface area contributed by atoms with E-state index < -0.39 is 0 Å². The number of amides is 1. The van der Waals surface area contributed by atoms with E-state index in [1.54, 1.807) is 31.4 Å². The average Bonchev–Trinajstić information content (AvgIpc) is 3.20. The molecule has 8 heteroatoms. The van der Waals surface area contributed by atoms with Crippen LogP contribution in [0.25, 0.3) is 32.8 Å². The van der Waals surface area contributed by atoms with Crippen LogP contribution in [0.15, 0.2) is 69.9 Å². The highest BCUT2D eigenvalue weighted by atomic mass is 16.5. The number of hydrogen-bond donors (Lipinski definition) is 2. The molecule has 0 radical (unpaired) electrons. The maximum Gasteiger partial charge on any atom is 0.258 e. The van der Waals surface area contributed by atoms with Crippen molar-refractivity contribution in [3.8, 4) is 5.75 Å². The van der Waals surface area contributed by atoms with Crippen molar-refractivity contribution >= 4 is 44.4 Å². The molecule has 5 rings (SSSR count). The molecule has 3 aromatic carbocycles. The van der Waals surface area contributed by atoms with E-state index in [4.69, 9.17) is 9.15 Å². The van der Waals surface area contributed by atoms with Crippen molar-refractivity contribution in [1.82, 2.24) is 14.9 Å². The van der Waals surface area contributed by atoms with Crippen molar-refractivity contribution in [2.45, 2.75) is 13.5 Å². The third kappa shape index (κ3) is 4.11. The minimum atomic E-state index is -0.209. The topological polar surface area (TPSA) is 100 Å². The van der Waals surface area contributed by atoms with Crippen LogP contribution in [-0.2, 0) is 11.3 Å². The summed E-state index contributed by atoms with van der Waals surface area (Å²) in [5.74, 6) is 0.856. The quantitative estimate of drug-likeness (QED) is 0.379. The Kier molecular flexibility index (Phi) is 5.73. The Labute approximate surface area is 195 Å². The van der Waals surface area contributed by atoms with E-state index in [0.29, 0.717) is 46.8 Å². The molecule has 0 aliphatic carbocycles. The second-order valence-electron chi connectivity index (χ2n) is 8.03. The monoisotopic (exact) mass is 456 g/mol. The lowest BCUT2D eigenvalue weighted by Gasteiger charge is -2.20. The van der Waals surface area contributed by atoms with Crippen LogP contribution in [0.4, 0.5) is 5.69 Å². The molecule has 2 N–H and O–H groups in total. The first-order valence-electron chi connectivity index (χ1n) is 11.0. The molecule has 0 aliphatic heterocycles. The highest BCUT2D eigenvalue weighted by Crippen LogP contribution is 2.36. The number of aromatic nitrogens is 2. The van der Waals surface area contributed by atoms with Gasteiger partial charge in [0.25, 0.3) is 5.56 Å². The average molecular weight is 457 g/mol. The van der Waals surface area contributed by atoms with E-state index in [9.17, 15) is 9.59 Å². The van der Waals surface area contributed by atoms with Gasteiger partial charge in [-0.25, -0.2) is 4.98 Å². The number of nitrogens with zero attached hydrogens (tertiary/aromatic N) is 2. The first kappa shape index (κ1) is 21.7. The van der Waals surface area contributed by atoms with Crippen molar-refractivity contribution < 1.29 is 13.9 Å². The second-order valence-corrected chi connectivity index (χ2v) is 8.03. The van der Waals surface area contributed by atoms with Crippen LogP contribution < -0.4 is 15.6 Å². The summed E-state index contributed by atoms with van der Waals surface area (Å²) in [6.07, 6.45) is 0. The van der Waals surface area contributed by atoms with Crippen molar-refractivity contribution in [1.29, 1.82) is 0 Å². The van der Waals surface area contributed by atoms with Gasteiger partial charge in [-0.2, -0.15) is 0 Å². The number of benzene rings is 3. The lowest BCUT2D eigenvalue weighted by Crippen LogP contribution is -2.34. The molecule has 2 heterocycles. The summed E-state index contributed by atoms with van der Waals surface area (Å²) in [6.45, 7) is 3.01. The molecule has 0 unspecified atom stereocenters. The SMILES string of the molecule is CCN(CC(=O)Nc1cc2oc3ccccc3c2cc1OC)Cc1nc2ccccc2c(=O)[nH]1. The van der Waals surface area contributed by atoms with Gasteiger partial charge in [0.05, 0.1) is 36.8 Å². The predicted molar refractivity (Wildman–Crippen MR) is 132 cm³/mol. The van der Waals surface area contributed by atoms with E-state index in [0.717, 1.165) is 16.4 Å². The van der Waals surface area contributed by atoms with Crippen LogP contribution in [0.1, 0.15) is 12.7 Å². The number of carbonyl (C=O) groups is 1. The summed E-state index contributed by atoms with van der Waals surface area (Å²) in [5, 5.41) is 5.39. The van der Waals surface area contributed by atoms with Crippen LogP contribution in [-0.4, -0.2) is 41.0 Å². The molecule has 0 spiro atoms. The smallest absolute Gasteiger partial charge is 0.258 e. The second kappa shape index (κ2) is 8.99. The zero-order valence-electron chi connectivity index (χ0n) is 18.9. The summed E-state index contributed by atoms with van der Waals surface area (Å²) in [6, 6.07) is 18.6. The van der Waals surface area contributed by atoms with Crippen molar-refractivity contribution in [2.24, 2.45) is 0 Å². The summed E-state index contributed by atoms with van der Waals surface area (Å²) in [4.78, 5) is 34.5. The Morgan fingerprint density at radius 3 is 2.62 bits per heavy atom. The van der Waals surface area contributed by atoms with Crippen LogP contribution in [0, 0.1) is 0 Å². The Balaban J connectivity index is 1.35. The number of likely N-dealkylation sites (N-methyl/N-ethyl adjacent to an activating group) is 1. The number of rotatable bonds is 7. The molecule has 0 bridgehead atoms. The number of H-pyrrole nitrogens is 1. The minimum Gasteiger partial charge on any atom is -0.495 e. The van der Waals surface area contributed by atoms with E-state index in [2.05, 4.69) is 15.3 Å². The largest absolute Gasteiger partial charge is 0.495 e.